The first kappa shape index (κ1) is 10.5. The monoisotopic (exact) mass is 234 g/mol. The molecular formula is C15H10N2O. The zero-order valence-corrected chi connectivity index (χ0v) is 9.84. The molecule has 0 radical (unpaired) electrons. The van der Waals surface area contributed by atoms with Gasteiger partial charge in [-0.05, 0) is 30.3 Å². The van der Waals surface area contributed by atoms with Crippen molar-refractivity contribution in [3.05, 3.63) is 58.3 Å². The van der Waals surface area contributed by atoms with Gasteiger partial charge in [-0.3, -0.25) is 4.79 Å². The maximum absolute atomic E-state index is 12.4. The summed E-state index contributed by atoms with van der Waals surface area (Å²) in [6, 6.07) is 14.8. The van der Waals surface area contributed by atoms with Crippen molar-refractivity contribution in [2.45, 2.75) is 0 Å². The summed E-state index contributed by atoms with van der Waals surface area (Å²) in [5.74, 6) is 0. The number of para-hydroxylation sites is 1. The molecule has 0 amide bonds. The lowest BCUT2D eigenvalue weighted by Gasteiger charge is -2.09. The van der Waals surface area contributed by atoms with E-state index < -0.39 is 0 Å². The van der Waals surface area contributed by atoms with Gasteiger partial charge in [0.1, 0.15) is 0 Å². The quantitative estimate of drug-likeness (QED) is 0.561. The van der Waals surface area contributed by atoms with Crippen molar-refractivity contribution in [2.24, 2.45) is 7.05 Å². The van der Waals surface area contributed by atoms with Gasteiger partial charge in [0.15, 0.2) is 5.43 Å². The minimum Gasteiger partial charge on any atom is -0.343 e. The Bertz CT molecular complexity index is 869. The van der Waals surface area contributed by atoms with Gasteiger partial charge in [0.2, 0.25) is 0 Å². The lowest BCUT2D eigenvalue weighted by Crippen LogP contribution is -2.09. The molecule has 3 nitrogen and oxygen atoms in total. The second kappa shape index (κ2) is 3.71. The molecule has 3 aromatic rings. The lowest BCUT2D eigenvalue weighted by atomic mass is 10.1. The molecule has 2 aromatic carbocycles. The highest BCUT2D eigenvalue weighted by molar-refractivity contribution is 5.93. The second-order valence-electron chi connectivity index (χ2n) is 4.25. The van der Waals surface area contributed by atoms with Crippen molar-refractivity contribution in [3.63, 3.8) is 0 Å². The first-order valence-electron chi connectivity index (χ1n) is 5.64. The predicted octanol–water partition coefficient (Wildman–Crippen LogP) is 2.56. The Morgan fingerprint density at radius 1 is 1.06 bits per heavy atom. The first-order chi connectivity index (χ1) is 8.72. The van der Waals surface area contributed by atoms with Crippen molar-refractivity contribution in [2.75, 3.05) is 0 Å². The van der Waals surface area contributed by atoms with Crippen LogP contribution < -0.4 is 5.43 Å². The van der Waals surface area contributed by atoms with Gasteiger partial charge in [0.25, 0.3) is 0 Å². The predicted molar refractivity (Wildman–Crippen MR) is 71.4 cm³/mol. The standard InChI is InChI=1S/C15H10N2O/c1-17-13-5-3-2-4-11(13)15(18)12-8-10(9-16)6-7-14(12)17/h2-8H,1H3. The Hall–Kier alpha value is -2.60. The Morgan fingerprint density at radius 3 is 2.56 bits per heavy atom. The van der Waals surface area contributed by atoms with E-state index in [0.717, 1.165) is 11.0 Å². The van der Waals surface area contributed by atoms with Crippen molar-refractivity contribution in [1.82, 2.24) is 4.57 Å². The number of hydrogen-bond acceptors (Lipinski definition) is 2. The largest absolute Gasteiger partial charge is 0.343 e. The van der Waals surface area contributed by atoms with Gasteiger partial charge in [-0.1, -0.05) is 12.1 Å². The minimum atomic E-state index is -0.0178. The van der Waals surface area contributed by atoms with E-state index in [0.29, 0.717) is 16.3 Å². The summed E-state index contributed by atoms with van der Waals surface area (Å²) < 4.78 is 1.98. The van der Waals surface area contributed by atoms with Crippen LogP contribution in [0.4, 0.5) is 0 Å². The van der Waals surface area contributed by atoms with Gasteiger partial charge in [-0.2, -0.15) is 5.26 Å². The summed E-state index contributed by atoms with van der Waals surface area (Å²) in [7, 11) is 1.93. The van der Waals surface area contributed by atoms with Crippen molar-refractivity contribution >= 4 is 21.8 Å². The summed E-state index contributed by atoms with van der Waals surface area (Å²) in [5.41, 5.74) is 2.24. The summed E-state index contributed by atoms with van der Waals surface area (Å²) in [4.78, 5) is 12.4. The first-order valence-corrected chi connectivity index (χ1v) is 5.64. The fourth-order valence-corrected chi connectivity index (χ4v) is 2.31. The van der Waals surface area contributed by atoms with Gasteiger partial charge < -0.3 is 4.57 Å². The normalized spacial score (nSPS) is 10.7. The fourth-order valence-electron chi connectivity index (χ4n) is 2.31. The van der Waals surface area contributed by atoms with E-state index in [9.17, 15) is 4.79 Å². The summed E-state index contributed by atoms with van der Waals surface area (Å²) in [6.07, 6.45) is 0. The van der Waals surface area contributed by atoms with E-state index in [2.05, 4.69) is 6.07 Å². The molecule has 86 valence electrons. The number of nitriles is 1. The number of hydrogen-bond donors (Lipinski definition) is 0. The maximum atomic E-state index is 12.4. The molecule has 0 atom stereocenters. The van der Waals surface area contributed by atoms with E-state index in [-0.39, 0.29) is 5.43 Å². The number of benzene rings is 2. The van der Waals surface area contributed by atoms with E-state index in [1.807, 2.05) is 41.9 Å². The Kier molecular flexibility index (Phi) is 2.17. The van der Waals surface area contributed by atoms with Crippen molar-refractivity contribution < 1.29 is 0 Å². The lowest BCUT2D eigenvalue weighted by molar-refractivity contribution is 1.00. The highest BCUT2D eigenvalue weighted by Gasteiger charge is 2.08. The van der Waals surface area contributed by atoms with Crippen LogP contribution >= 0.6 is 0 Å². The molecule has 0 fully saturated rings. The van der Waals surface area contributed by atoms with Crippen LogP contribution in [0.5, 0.6) is 0 Å². The second-order valence-corrected chi connectivity index (χ2v) is 4.25. The van der Waals surface area contributed by atoms with Crippen LogP contribution in [0.15, 0.2) is 47.3 Å². The van der Waals surface area contributed by atoms with E-state index in [1.54, 1.807) is 12.1 Å². The van der Waals surface area contributed by atoms with E-state index >= 15 is 0 Å². The molecule has 0 N–H and O–H groups in total. The molecule has 0 spiro atoms. The summed E-state index contributed by atoms with van der Waals surface area (Å²) in [6.45, 7) is 0. The van der Waals surface area contributed by atoms with Crippen LogP contribution in [-0.2, 0) is 7.05 Å². The smallest absolute Gasteiger partial charge is 0.197 e. The van der Waals surface area contributed by atoms with Crippen LogP contribution in [0.25, 0.3) is 21.8 Å². The van der Waals surface area contributed by atoms with Crippen LogP contribution in [0.1, 0.15) is 5.56 Å². The Labute approximate surface area is 104 Å². The molecule has 3 heteroatoms. The van der Waals surface area contributed by atoms with Crippen molar-refractivity contribution in [3.8, 4) is 6.07 Å². The molecular weight excluding hydrogens is 224 g/mol. The van der Waals surface area contributed by atoms with Crippen LogP contribution in [0.3, 0.4) is 0 Å². The van der Waals surface area contributed by atoms with Crippen LogP contribution in [0, 0.1) is 11.3 Å². The molecule has 0 aliphatic carbocycles. The zero-order chi connectivity index (χ0) is 12.7. The molecule has 0 saturated carbocycles. The number of nitrogens with zero attached hydrogens (tertiary/aromatic N) is 2. The SMILES string of the molecule is Cn1c2ccccc2c(=O)c2cc(C#N)ccc21. The summed E-state index contributed by atoms with van der Waals surface area (Å²) in [5, 5.41) is 10.2. The number of fused-ring (bicyclic) bond motifs is 2. The van der Waals surface area contributed by atoms with Crippen molar-refractivity contribution in [1.29, 1.82) is 5.26 Å². The van der Waals surface area contributed by atoms with Gasteiger partial charge in [0, 0.05) is 17.8 Å². The molecule has 1 heterocycles. The van der Waals surface area contributed by atoms with E-state index in [1.165, 1.54) is 0 Å². The van der Waals surface area contributed by atoms with Gasteiger partial charge in [-0.25, -0.2) is 0 Å². The third-order valence-electron chi connectivity index (χ3n) is 3.24. The number of aromatic nitrogens is 1. The molecule has 3 rings (SSSR count). The number of rotatable bonds is 0. The molecule has 0 aliphatic rings. The Morgan fingerprint density at radius 2 is 1.78 bits per heavy atom. The third-order valence-corrected chi connectivity index (χ3v) is 3.24. The molecule has 0 saturated heterocycles. The topological polar surface area (TPSA) is 45.8 Å². The van der Waals surface area contributed by atoms with Crippen LogP contribution in [0.2, 0.25) is 0 Å². The molecule has 1 aromatic heterocycles. The van der Waals surface area contributed by atoms with Gasteiger partial charge >= 0.3 is 0 Å². The highest BCUT2D eigenvalue weighted by Crippen LogP contribution is 2.18. The third kappa shape index (κ3) is 1.33. The summed E-state index contributed by atoms with van der Waals surface area (Å²) >= 11 is 0. The highest BCUT2D eigenvalue weighted by atomic mass is 16.1. The average molecular weight is 234 g/mol. The molecule has 0 bridgehead atoms. The average Bonchev–Trinajstić information content (AvgIpc) is 2.44. The molecule has 0 aliphatic heterocycles. The van der Waals surface area contributed by atoms with Crippen LogP contribution in [-0.4, -0.2) is 4.57 Å². The maximum Gasteiger partial charge on any atom is 0.197 e. The van der Waals surface area contributed by atoms with Gasteiger partial charge in [0.05, 0.1) is 22.7 Å². The number of pyridine rings is 1. The number of aryl methyl sites for hydroxylation is 1. The molecule has 0 unspecified atom stereocenters. The molecule has 18 heavy (non-hydrogen) atoms. The minimum absolute atomic E-state index is 0.0178. The Balaban J connectivity index is 2.64. The van der Waals surface area contributed by atoms with E-state index in [4.69, 9.17) is 5.26 Å². The van der Waals surface area contributed by atoms with Gasteiger partial charge in [-0.15, -0.1) is 0 Å². The zero-order valence-electron chi connectivity index (χ0n) is 9.84. The fraction of sp³-hybridized carbons (Fsp3) is 0.0667.